The Labute approximate surface area is 233 Å². The number of carbonyl (C=O) groups excluding carboxylic acids is 2. The molecule has 0 spiro atoms. The van der Waals surface area contributed by atoms with Crippen LogP contribution in [0.2, 0.25) is 0 Å². The highest BCUT2D eigenvalue weighted by Crippen LogP contribution is 2.44. The third-order valence-electron chi connectivity index (χ3n) is 6.85. The Bertz CT molecular complexity index is 1650. The van der Waals surface area contributed by atoms with Gasteiger partial charge in [0.2, 0.25) is 0 Å². The Kier molecular flexibility index (Phi) is 6.96. The highest BCUT2D eigenvalue weighted by atomic mass is 31.2. The van der Waals surface area contributed by atoms with Gasteiger partial charge in [0.05, 0.1) is 11.4 Å². The van der Waals surface area contributed by atoms with Crippen molar-refractivity contribution in [3.8, 4) is 0 Å². The molecule has 0 saturated heterocycles. The van der Waals surface area contributed by atoms with Crippen molar-refractivity contribution in [1.82, 2.24) is 0 Å². The van der Waals surface area contributed by atoms with Gasteiger partial charge in [-0.1, -0.05) is 127 Å². The van der Waals surface area contributed by atoms with Gasteiger partial charge in [-0.3, -0.25) is 9.59 Å². The third-order valence-corrected chi connectivity index (χ3v) is 10.8. The molecule has 40 heavy (non-hydrogen) atoms. The molecule has 1 aliphatic rings. The van der Waals surface area contributed by atoms with E-state index < -0.39 is 6.89 Å². The van der Waals surface area contributed by atoms with Crippen LogP contribution >= 0.6 is 6.89 Å². The van der Waals surface area contributed by atoms with Gasteiger partial charge in [0, 0.05) is 11.4 Å². The lowest BCUT2D eigenvalue weighted by Gasteiger charge is -2.29. The van der Waals surface area contributed by atoms with Crippen molar-refractivity contribution in [2.75, 3.05) is 10.3 Å². The van der Waals surface area contributed by atoms with Crippen LogP contribution in [0, 0.1) is 0 Å². The topological polar surface area (TPSA) is 61.8 Å². The van der Waals surface area contributed by atoms with Gasteiger partial charge in [-0.2, -0.15) is 10.1 Å². The zero-order valence-electron chi connectivity index (χ0n) is 21.6. The van der Waals surface area contributed by atoms with E-state index >= 15 is 0 Å². The van der Waals surface area contributed by atoms with Gasteiger partial charge in [0.25, 0.3) is 11.8 Å². The number of carbonyl (C=O) groups is 2. The van der Waals surface area contributed by atoms with E-state index in [0.717, 1.165) is 15.9 Å². The summed E-state index contributed by atoms with van der Waals surface area (Å²) in [4.78, 5) is 27.5. The zero-order valence-corrected chi connectivity index (χ0v) is 22.5. The molecule has 1 heterocycles. The van der Waals surface area contributed by atoms with Gasteiger partial charge >= 0.3 is 0 Å². The fraction of sp³-hybridized carbons (Fsp3) is 0. The summed E-state index contributed by atoms with van der Waals surface area (Å²) in [6.07, 6.45) is 0. The average Bonchev–Trinajstić information content (AvgIpc) is 3.34. The molecule has 5 aromatic carbocycles. The number of rotatable bonds is 6. The molecule has 0 radical (unpaired) electrons. The number of hydrogen-bond donors (Lipinski definition) is 1. The summed E-state index contributed by atoms with van der Waals surface area (Å²) in [5.74, 6) is 1.16. The second-order valence-corrected chi connectivity index (χ2v) is 12.5. The maximum atomic E-state index is 14.5. The molecule has 0 atom stereocenters. The fourth-order valence-electron chi connectivity index (χ4n) is 4.99. The van der Waals surface area contributed by atoms with Crippen LogP contribution in [-0.4, -0.2) is 23.3 Å². The second kappa shape index (κ2) is 11.0. The van der Waals surface area contributed by atoms with Crippen molar-refractivity contribution in [3.05, 3.63) is 151 Å². The summed E-state index contributed by atoms with van der Waals surface area (Å²) < 4.78 is 0. The molecule has 0 fully saturated rings. The molecule has 0 aromatic heterocycles. The normalized spacial score (nSPS) is 13.4. The number of benzene rings is 5. The summed E-state index contributed by atoms with van der Waals surface area (Å²) >= 11 is 0. The molecule has 194 valence electrons. The van der Waals surface area contributed by atoms with Crippen LogP contribution in [0.5, 0.6) is 0 Å². The van der Waals surface area contributed by atoms with Gasteiger partial charge in [0.1, 0.15) is 0 Å². The van der Waals surface area contributed by atoms with E-state index in [1.54, 1.807) is 0 Å². The predicted molar refractivity (Wildman–Crippen MR) is 167 cm³/mol. The summed E-state index contributed by atoms with van der Waals surface area (Å²) in [7, 11) is 0. The highest BCUT2D eigenvalue weighted by Gasteiger charge is 2.31. The van der Waals surface area contributed by atoms with E-state index in [4.69, 9.17) is 5.10 Å². The van der Waals surface area contributed by atoms with Crippen LogP contribution in [0.25, 0.3) is 0 Å². The van der Waals surface area contributed by atoms with Crippen molar-refractivity contribution < 1.29 is 9.59 Å². The number of hydrogen-bond acceptors (Lipinski definition) is 3. The Morgan fingerprint density at radius 3 is 1.60 bits per heavy atom. The number of amides is 2. The van der Waals surface area contributed by atoms with Crippen LogP contribution in [0.1, 0.15) is 5.56 Å². The van der Waals surface area contributed by atoms with Crippen molar-refractivity contribution in [2.24, 2.45) is 5.10 Å². The zero-order chi connectivity index (χ0) is 27.4. The molecule has 6 heteroatoms. The van der Waals surface area contributed by atoms with Crippen LogP contribution in [0.15, 0.2) is 151 Å². The summed E-state index contributed by atoms with van der Waals surface area (Å²) in [6, 6.07) is 47.0. The minimum atomic E-state index is -2.60. The van der Waals surface area contributed by atoms with E-state index in [9.17, 15) is 9.59 Å². The molecule has 6 rings (SSSR count). The molecule has 0 saturated carbocycles. The number of hydrazone groups is 1. The van der Waals surface area contributed by atoms with Gasteiger partial charge in [-0.05, 0) is 41.0 Å². The SMILES string of the molecule is O=C1Nc2ccccc2/C1=N/N(C(=O)C=P(c1ccccc1)(c1ccccc1)c1ccccc1)c1ccccc1. The van der Waals surface area contributed by atoms with Crippen molar-refractivity contribution >= 4 is 57.5 Å². The summed E-state index contributed by atoms with van der Waals surface area (Å²) in [5, 5.41) is 12.1. The summed E-state index contributed by atoms with van der Waals surface area (Å²) in [6.45, 7) is -2.60. The number of nitrogens with one attached hydrogen (secondary N) is 1. The van der Waals surface area contributed by atoms with Crippen LogP contribution < -0.4 is 26.2 Å². The van der Waals surface area contributed by atoms with Gasteiger partial charge in [0.15, 0.2) is 5.71 Å². The lowest BCUT2D eigenvalue weighted by atomic mass is 10.1. The monoisotopic (exact) mass is 539 g/mol. The minimum Gasteiger partial charge on any atom is -0.320 e. The first-order valence-electron chi connectivity index (χ1n) is 13.0. The molecule has 0 aliphatic carbocycles. The first kappa shape index (κ1) is 25.3. The van der Waals surface area contributed by atoms with E-state index in [1.165, 1.54) is 5.01 Å². The largest absolute Gasteiger partial charge is 0.320 e. The fourth-order valence-corrected chi connectivity index (χ4v) is 8.70. The second-order valence-electron chi connectivity index (χ2n) is 9.29. The van der Waals surface area contributed by atoms with Crippen molar-refractivity contribution in [2.45, 2.75) is 0 Å². The first-order valence-corrected chi connectivity index (χ1v) is 14.8. The first-order chi connectivity index (χ1) is 19.7. The van der Waals surface area contributed by atoms with E-state index in [0.29, 0.717) is 16.9 Å². The van der Waals surface area contributed by atoms with Crippen molar-refractivity contribution in [3.63, 3.8) is 0 Å². The standard InChI is InChI=1S/C34H26N3O2P/c38-32(37(26-15-5-1-6-16-26)36-33-30-23-13-14-24-31(30)35-34(33)39)25-40(27-17-7-2-8-18-27,28-19-9-3-10-20-28)29-21-11-4-12-22-29/h1-25H,(H,35,36,39). The lowest BCUT2D eigenvalue weighted by molar-refractivity contribution is -0.112. The van der Waals surface area contributed by atoms with Gasteiger partial charge in [-0.25, -0.2) is 0 Å². The van der Waals surface area contributed by atoms with E-state index in [2.05, 4.69) is 41.7 Å². The molecule has 1 aliphatic heterocycles. The Morgan fingerprint density at radius 1 is 0.625 bits per heavy atom. The molecule has 2 amide bonds. The lowest BCUT2D eigenvalue weighted by Crippen LogP contribution is -2.34. The average molecular weight is 540 g/mol. The third kappa shape index (κ3) is 4.68. The summed E-state index contributed by atoms with van der Waals surface area (Å²) in [5.41, 5.74) is 2.11. The number of anilines is 2. The molecule has 5 nitrogen and oxygen atoms in total. The number of fused-ring (bicyclic) bond motifs is 1. The maximum Gasteiger partial charge on any atom is 0.276 e. The Balaban J connectivity index is 1.62. The van der Waals surface area contributed by atoms with Crippen LogP contribution in [0.4, 0.5) is 11.4 Å². The molecule has 5 aromatic rings. The number of nitrogens with zero attached hydrogens (tertiary/aromatic N) is 2. The molecular weight excluding hydrogens is 513 g/mol. The molecule has 0 bridgehead atoms. The Morgan fingerprint density at radius 2 is 1.07 bits per heavy atom. The van der Waals surface area contributed by atoms with Crippen LogP contribution in [-0.2, 0) is 9.59 Å². The maximum absolute atomic E-state index is 14.5. The van der Waals surface area contributed by atoms with Crippen molar-refractivity contribution in [1.29, 1.82) is 0 Å². The highest BCUT2D eigenvalue weighted by molar-refractivity contribution is 7.95. The molecule has 1 N–H and O–H groups in total. The minimum absolute atomic E-state index is 0.198. The van der Waals surface area contributed by atoms with E-state index in [1.807, 2.05) is 115 Å². The Hall–Kier alpha value is -4.99. The quantitative estimate of drug-likeness (QED) is 0.239. The van der Waals surface area contributed by atoms with Gasteiger partial charge in [-0.15, -0.1) is 0 Å². The smallest absolute Gasteiger partial charge is 0.276 e. The molecule has 0 unspecified atom stereocenters. The van der Waals surface area contributed by atoms with Crippen LogP contribution in [0.3, 0.4) is 0 Å². The number of para-hydroxylation sites is 2. The molecular formula is C34H26N3O2P. The predicted octanol–water partition coefficient (Wildman–Crippen LogP) is 5.17. The van der Waals surface area contributed by atoms with E-state index in [-0.39, 0.29) is 17.5 Å². The van der Waals surface area contributed by atoms with Gasteiger partial charge < -0.3 is 5.32 Å².